The average molecular weight is 563 g/mol. The third-order valence-corrected chi connectivity index (χ3v) is 7.19. The first kappa shape index (κ1) is 31.9. The molecule has 0 aliphatic rings. The number of nitrogens with zero attached hydrogens (tertiary/aromatic N) is 6. The molecule has 0 aliphatic carbocycles. The van der Waals surface area contributed by atoms with Gasteiger partial charge in [0.2, 0.25) is 0 Å². The number of rotatable bonds is 16. The van der Waals surface area contributed by atoms with Crippen LogP contribution in [0, 0.1) is 14.7 Å². The predicted octanol–water partition coefficient (Wildman–Crippen LogP) is 3.30. The molecule has 0 radical (unpaired) electrons. The zero-order valence-corrected chi connectivity index (χ0v) is 25.6. The summed E-state index contributed by atoms with van der Waals surface area (Å²) in [4.78, 5) is 35.8. The average Bonchev–Trinajstić information content (AvgIpc) is 3.00. The van der Waals surface area contributed by atoms with Gasteiger partial charge >= 0.3 is 29.6 Å². The van der Waals surface area contributed by atoms with E-state index < -0.39 is 12.1 Å². The summed E-state index contributed by atoms with van der Waals surface area (Å²) in [5.41, 5.74) is 3.14. The van der Waals surface area contributed by atoms with Gasteiger partial charge in [-0.2, -0.15) is 0 Å². The summed E-state index contributed by atoms with van der Waals surface area (Å²) >= 11 is 0. The Bertz CT molecular complexity index is 1380. The normalized spacial score (nSPS) is 12.0. The summed E-state index contributed by atoms with van der Waals surface area (Å²) in [6.07, 6.45) is 1.58. The van der Waals surface area contributed by atoms with Crippen LogP contribution in [0.5, 0.6) is 0 Å². The molecule has 0 bridgehead atoms. The van der Waals surface area contributed by atoms with E-state index in [9.17, 15) is 14.7 Å². The van der Waals surface area contributed by atoms with E-state index >= 15 is 0 Å². The standard InChI is InChI=1S/C31H34N6O3.Na.H/c1-35(32-38)23-29(21-26-13-6-3-7-14-26)37(34-40)24-30(36(33-39)20-19-25-11-4-2-5-12-25)22-28-17-10-16-27-15-8-9-18-31(27)28;;/h2-18,29-30H,19-24H2,1H3;;/q;+1;-1/t29-,30+;;/m0../s1. The molecule has 0 N–H and O–H groups in total. The third-order valence-electron chi connectivity index (χ3n) is 7.19. The molecule has 4 aromatic rings. The summed E-state index contributed by atoms with van der Waals surface area (Å²) in [5.74, 6) is 0. The van der Waals surface area contributed by atoms with Gasteiger partial charge in [-0.25, -0.2) is 0 Å². The van der Waals surface area contributed by atoms with E-state index in [1.165, 1.54) is 15.0 Å². The van der Waals surface area contributed by atoms with Crippen molar-refractivity contribution in [2.75, 3.05) is 26.7 Å². The minimum atomic E-state index is -0.447. The Labute approximate surface area is 264 Å². The summed E-state index contributed by atoms with van der Waals surface area (Å²) in [7, 11) is 1.57. The molecular formula is C31H35N6NaO3. The Hall–Kier alpha value is -3.66. The van der Waals surface area contributed by atoms with E-state index in [2.05, 4.69) is 34.1 Å². The molecule has 9 nitrogen and oxygen atoms in total. The van der Waals surface area contributed by atoms with Crippen molar-refractivity contribution in [3.63, 3.8) is 0 Å². The van der Waals surface area contributed by atoms with Gasteiger partial charge in [0.15, 0.2) is 0 Å². The molecule has 0 aliphatic heterocycles. The Morgan fingerprint density at radius 1 is 0.634 bits per heavy atom. The molecule has 41 heavy (non-hydrogen) atoms. The van der Waals surface area contributed by atoms with Crippen LogP contribution in [0.25, 0.3) is 10.8 Å². The number of likely N-dealkylation sites (N-methyl/N-ethyl adjacent to an activating group) is 1. The predicted molar refractivity (Wildman–Crippen MR) is 160 cm³/mol. The second-order valence-electron chi connectivity index (χ2n) is 9.95. The Balaban J connectivity index is 0.00000308. The van der Waals surface area contributed by atoms with Crippen molar-refractivity contribution >= 4 is 10.8 Å². The number of nitroso groups, excluding NO2 is 3. The van der Waals surface area contributed by atoms with Crippen molar-refractivity contribution < 1.29 is 31.0 Å². The van der Waals surface area contributed by atoms with Crippen LogP contribution in [0.15, 0.2) is 119 Å². The first-order chi connectivity index (χ1) is 19.6. The second-order valence-corrected chi connectivity index (χ2v) is 9.95. The van der Waals surface area contributed by atoms with Gasteiger partial charge in [0, 0.05) is 13.6 Å². The third kappa shape index (κ3) is 9.18. The molecule has 0 spiro atoms. The molecule has 0 unspecified atom stereocenters. The topological polar surface area (TPSA) is 98.0 Å². The molecule has 0 aromatic heterocycles. The van der Waals surface area contributed by atoms with Crippen LogP contribution in [-0.2, 0) is 19.3 Å². The fourth-order valence-electron chi connectivity index (χ4n) is 5.12. The molecule has 0 saturated heterocycles. The Morgan fingerprint density at radius 3 is 1.88 bits per heavy atom. The van der Waals surface area contributed by atoms with Crippen molar-refractivity contribution in [3.8, 4) is 0 Å². The maximum Gasteiger partial charge on any atom is 1.00 e. The maximum atomic E-state index is 12.3. The SMILES string of the molecule is CN(C[C@H](Cc1ccccc1)N(C[C@@H](Cc1cccc2ccccc12)N(CCc1ccccc1)N=O)N=O)N=O.[H-].[Na+]. The van der Waals surface area contributed by atoms with Gasteiger partial charge in [0.25, 0.3) is 0 Å². The molecule has 10 heteroatoms. The molecule has 208 valence electrons. The van der Waals surface area contributed by atoms with Gasteiger partial charge in [0.05, 0.1) is 41.0 Å². The summed E-state index contributed by atoms with van der Waals surface area (Å²) in [5, 5.41) is 16.2. The number of benzene rings is 4. The molecule has 0 heterocycles. The van der Waals surface area contributed by atoms with E-state index in [0.29, 0.717) is 25.8 Å². The van der Waals surface area contributed by atoms with Crippen molar-refractivity contribution in [3.05, 3.63) is 135 Å². The van der Waals surface area contributed by atoms with E-state index in [4.69, 9.17) is 0 Å². The molecule has 4 aromatic carbocycles. The zero-order chi connectivity index (χ0) is 28.2. The second kappa shape index (κ2) is 16.6. The summed E-state index contributed by atoms with van der Waals surface area (Å²) in [6.45, 7) is 0.732. The van der Waals surface area contributed by atoms with E-state index in [-0.39, 0.29) is 44.1 Å². The van der Waals surface area contributed by atoms with Crippen LogP contribution < -0.4 is 29.6 Å². The Morgan fingerprint density at radius 2 is 1.22 bits per heavy atom. The van der Waals surface area contributed by atoms with Crippen molar-refractivity contribution in [2.24, 2.45) is 15.9 Å². The number of hydrogen-bond donors (Lipinski definition) is 0. The van der Waals surface area contributed by atoms with Gasteiger partial charge in [-0.05, 0) is 46.7 Å². The van der Waals surface area contributed by atoms with Crippen LogP contribution in [0.2, 0.25) is 0 Å². The quantitative estimate of drug-likeness (QED) is 0.118. The minimum Gasteiger partial charge on any atom is -1.00 e. The molecular weight excluding hydrogens is 527 g/mol. The summed E-state index contributed by atoms with van der Waals surface area (Å²) < 4.78 is 0. The van der Waals surface area contributed by atoms with Gasteiger partial charge in [-0.3, -0.25) is 15.0 Å². The molecule has 0 fully saturated rings. The molecule has 0 amide bonds. The fourth-order valence-corrected chi connectivity index (χ4v) is 5.12. The first-order valence-electron chi connectivity index (χ1n) is 13.4. The molecule has 4 rings (SSSR count). The first-order valence-corrected chi connectivity index (χ1v) is 13.4. The largest absolute Gasteiger partial charge is 1.00 e. The van der Waals surface area contributed by atoms with Crippen molar-refractivity contribution in [1.29, 1.82) is 0 Å². The minimum absolute atomic E-state index is 0. The molecule has 2 atom stereocenters. The van der Waals surface area contributed by atoms with E-state index in [0.717, 1.165) is 27.5 Å². The Kier molecular flexibility index (Phi) is 12.9. The van der Waals surface area contributed by atoms with Gasteiger partial charge in [0.1, 0.15) is 0 Å². The van der Waals surface area contributed by atoms with Gasteiger partial charge in [-0.1, -0.05) is 103 Å². The van der Waals surface area contributed by atoms with Crippen LogP contribution in [0.4, 0.5) is 0 Å². The smallest absolute Gasteiger partial charge is 1.00 e. The van der Waals surface area contributed by atoms with Crippen molar-refractivity contribution in [2.45, 2.75) is 31.3 Å². The van der Waals surface area contributed by atoms with Crippen LogP contribution in [0.1, 0.15) is 18.1 Å². The fraction of sp³-hybridized carbons (Fsp3) is 0.290. The maximum absolute atomic E-state index is 12.3. The monoisotopic (exact) mass is 562 g/mol. The van der Waals surface area contributed by atoms with E-state index in [1.54, 1.807) is 7.05 Å². The molecule has 0 saturated carbocycles. The number of fused-ring (bicyclic) bond motifs is 1. The summed E-state index contributed by atoms with van der Waals surface area (Å²) in [6, 6.07) is 32.9. The van der Waals surface area contributed by atoms with Crippen LogP contribution in [0.3, 0.4) is 0 Å². The van der Waals surface area contributed by atoms with Crippen molar-refractivity contribution in [1.82, 2.24) is 15.0 Å². The van der Waals surface area contributed by atoms with Gasteiger partial charge < -0.3 is 1.43 Å². The van der Waals surface area contributed by atoms with E-state index in [1.807, 2.05) is 84.9 Å². The van der Waals surface area contributed by atoms with Crippen LogP contribution >= 0.6 is 0 Å². The van der Waals surface area contributed by atoms with Gasteiger partial charge in [-0.15, -0.1) is 14.7 Å². The number of hydrogen-bond acceptors (Lipinski definition) is 6. The van der Waals surface area contributed by atoms with Crippen LogP contribution in [-0.4, -0.2) is 53.8 Å². The zero-order valence-electron chi connectivity index (χ0n) is 24.6.